The van der Waals surface area contributed by atoms with E-state index >= 15 is 0 Å². The number of esters is 1. The molecule has 0 aromatic heterocycles. The molecule has 0 heterocycles. The smallest absolute Gasteiger partial charge is 0.306 e. The van der Waals surface area contributed by atoms with Gasteiger partial charge in [-0.1, -0.05) is 77.0 Å². The van der Waals surface area contributed by atoms with Gasteiger partial charge in [-0.25, -0.2) is 0 Å². The van der Waals surface area contributed by atoms with Gasteiger partial charge in [0.15, 0.2) is 0 Å². The number of carboxylic acids is 1. The highest BCUT2D eigenvalue weighted by atomic mass is 16.5. The molecule has 0 saturated heterocycles. The molecule has 3 fully saturated rings. The summed E-state index contributed by atoms with van der Waals surface area (Å²) in [5.41, 5.74) is 3.66. The number of ether oxygens (including phenoxy) is 1. The third kappa shape index (κ3) is 5.11. The van der Waals surface area contributed by atoms with Crippen molar-refractivity contribution in [3.05, 3.63) is 35.5 Å². The molecule has 0 radical (unpaired) electrons. The maximum absolute atomic E-state index is 12.1. The summed E-state index contributed by atoms with van der Waals surface area (Å²) in [6.07, 6.45) is 17.4. The van der Waals surface area contributed by atoms with Gasteiger partial charge >= 0.3 is 11.9 Å². The van der Waals surface area contributed by atoms with E-state index in [4.69, 9.17) is 9.84 Å². The van der Waals surface area contributed by atoms with Crippen LogP contribution in [-0.4, -0.2) is 23.1 Å². The molecule has 8 atom stereocenters. The Morgan fingerprint density at radius 3 is 2.44 bits per heavy atom. The molecule has 0 amide bonds. The number of carbonyl (C=O) groups excluding carboxylic acids is 1. The Kier molecular flexibility index (Phi) is 7.93. The largest absolute Gasteiger partial charge is 0.481 e. The second-order valence-corrected chi connectivity index (χ2v) is 13.2. The molecule has 1 unspecified atom stereocenters. The van der Waals surface area contributed by atoms with Crippen LogP contribution < -0.4 is 0 Å². The van der Waals surface area contributed by atoms with Gasteiger partial charge in [0.25, 0.3) is 0 Å². The molecule has 4 nitrogen and oxygen atoms in total. The summed E-state index contributed by atoms with van der Waals surface area (Å²) in [6.45, 7) is 14.4. The van der Waals surface area contributed by atoms with Gasteiger partial charge in [-0.05, 0) is 84.9 Å². The van der Waals surface area contributed by atoms with Gasteiger partial charge in [-0.15, -0.1) is 0 Å². The van der Waals surface area contributed by atoms with Crippen molar-refractivity contribution >= 4 is 11.9 Å². The molecule has 4 rings (SSSR count). The third-order valence-corrected chi connectivity index (χ3v) is 10.8. The molecule has 200 valence electrons. The average molecular weight is 497 g/mol. The highest BCUT2D eigenvalue weighted by Crippen LogP contribution is 2.66. The van der Waals surface area contributed by atoms with Crippen LogP contribution in [0.5, 0.6) is 0 Å². The standard InChI is InChI=1S/C32H48O4/c1-20(2)21(3)7-8-22(4)26-11-12-27-25-10-9-23-19-24(36-30(35)14-13-29(33)34)15-17-31(23,5)28(25)16-18-32(26,27)6/h7-10,20-22,24,26-28H,11-19H2,1-6H3,(H,33,34)/b8-7+/t21-,22+,24?,26+,27-,28-,31-,32+/m0/s1. The van der Waals surface area contributed by atoms with Gasteiger partial charge in [-0.3, -0.25) is 9.59 Å². The molecule has 4 aliphatic carbocycles. The van der Waals surface area contributed by atoms with E-state index in [1.54, 1.807) is 5.57 Å². The fraction of sp³-hybridized carbons (Fsp3) is 0.750. The highest BCUT2D eigenvalue weighted by Gasteiger charge is 2.57. The van der Waals surface area contributed by atoms with Gasteiger partial charge in [0.05, 0.1) is 12.8 Å². The first-order valence-electron chi connectivity index (χ1n) is 14.5. The quantitative estimate of drug-likeness (QED) is 0.276. The summed E-state index contributed by atoms with van der Waals surface area (Å²) < 4.78 is 5.68. The van der Waals surface area contributed by atoms with E-state index in [0.29, 0.717) is 35.0 Å². The van der Waals surface area contributed by atoms with E-state index in [1.807, 2.05) is 0 Å². The van der Waals surface area contributed by atoms with Crippen LogP contribution in [0.2, 0.25) is 0 Å². The number of aliphatic carboxylic acids is 1. The Balaban J connectivity index is 1.47. The number of fused-ring (bicyclic) bond motifs is 5. The zero-order valence-electron chi connectivity index (χ0n) is 23.4. The van der Waals surface area contributed by atoms with Crippen LogP contribution in [0.3, 0.4) is 0 Å². The maximum Gasteiger partial charge on any atom is 0.306 e. The normalized spacial score (nSPS) is 37.4. The summed E-state index contributed by atoms with van der Waals surface area (Å²) >= 11 is 0. The molecular formula is C32H48O4. The van der Waals surface area contributed by atoms with Gasteiger partial charge in [0.2, 0.25) is 0 Å². The van der Waals surface area contributed by atoms with Crippen LogP contribution in [-0.2, 0) is 14.3 Å². The van der Waals surface area contributed by atoms with Crippen LogP contribution in [0, 0.1) is 46.3 Å². The first kappa shape index (κ1) is 27.2. The summed E-state index contributed by atoms with van der Waals surface area (Å²) in [4.78, 5) is 22.9. The van der Waals surface area contributed by atoms with E-state index in [2.05, 4.69) is 65.8 Å². The van der Waals surface area contributed by atoms with Crippen molar-refractivity contribution in [3.8, 4) is 0 Å². The van der Waals surface area contributed by atoms with Crippen LogP contribution in [0.15, 0.2) is 35.5 Å². The number of hydrogen-bond acceptors (Lipinski definition) is 3. The highest BCUT2D eigenvalue weighted by molar-refractivity contribution is 5.76. The van der Waals surface area contributed by atoms with Crippen molar-refractivity contribution in [1.29, 1.82) is 0 Å². The molecule has 0 aliphatic heterocycles. The summed E-state index contributed by atoms with van der Waals surface area (Å²) in [5.74, 6) is 2.64. The lowest BCUT2D eigenvalue weighted by molar-refractivity contribution is -0.153. The predicted molar refractivity (Wildman–Crippen MR) is 144 cm³/mol. The Labute approximate surface area is 218 Å². The van der Waals surface area contributed by atoms with Crippen molar-refractivity contribution in [2.75, 3.05) is 0 Å². The van der Waals surface area contributed by atoms with E-state index < -0.39 is 5.97 Å². The molecule has 0 aromatic carbocycles. The summed E-state index contributed by atoms with van der Waals surface area (Å²) in [6, 6.07) is 0. The van der Waals surface area contributed by atoms with Crippen LogP contribution in [0.1, 0.15) is 99.3 Å². The van der Waals surface area contributed by atoms with Gasteiger partial charge in [0.1, 0.15) is 6.10 Å². The van der Waals surface area contributed by atoms with Gasteiger partial charge < -0.3 is 9.84 Å². The maximum atomic E-state index is 12.1. The van der Waals surface area contributed by atoms with E-state index in [9.17, 15) is 9.59 Å². The summed E-state index contributed by atoms with van der Waals surface area (Å²) in [7, 11) is 0. The zero-order chi connectivity index (χ0) is 26.3. The Hall–Kier alpha value is -1.84. The second kappa shape index (κ2) is 10.5. The van der Waals surface area contributed by atoms with Crippen molar-refractivity contribution in [3.63, 3.8) is 0 Å². The lowest BCUT2D eigenvalue weighted by Gasteiger charge is -2.55. The Bertz CT molecular complexity index is 942. The fourth-order valence-electron chi connectivity index (χ4n) is 8.13. The lowest BCUT2D eigenvalue weighted by Crippen LogP contribution is -2.46. The van der Waals surface area contributed by atoms with Crippen molar-refractivity contribution in [1.82, 2.24) is 0 Å². The Morgan fingerprint density at radius 1 is 1.00 bits per heavy atom. The SMILES string of the molecule is CC(C)[C@@H](C)/C=C/[C@@H](C)[C@H]1CC[C@H]2C3=CC=C4CC(OC(=O)CCC(=O)O)CC[C@]4(C)[C@H]3CC[C@]12C. The van der Waals surface area contributed by atoms with Crippen LogP contribution in [0.4, 0.5) is 0 Å². The zero-order valence-corrected chi connectivity index (χ0v) is 23.4. The molecule has 4 heteroatoms. The minimum absolute atomic E-state index is 0.0414. The lowest BCUT2D eigenvalue weighted by atomic mass is 9.50. The molecule has 1 N–H and O–H groups in total. The molecule has 0 aromatic rings. The minimum atomic E-state index is -0.954. The van der Waals surface area contributed by atoms with E-state index in [1.165, 1.54) is 31.3 Å². The average Bonchev–Trinajstić information content (AvgIpc) is 3.18. The topological polar surface area (TPSA) is 63.6 Å². The number of rotatable bonds is 8. The molecule has 4 aliphatic rings. The number of carboxylic acid groups (broad SMARTS) is 1. The second-order valence-electron chi connectivity index (χ2n) is 13.2. The number of allylic oxidation sites excluding steroid dienone is 5. The van der Waals surface area contributed by atoms with Gasteiger partial charge in [0, 0.05) is 6.42 Å². The molecular weight excluding hydrogens is 448 g/mol. The molecule has 36 heavy (non-hydrogen) atoms. The first-order valence-corrected chi connectivity index (χ1v) is 14.5. The van der Waals surface area contributed by atoms with E-state index in [0.717, 1.165) is 25.2 Å². The molecule has 0 bridgehead atoms. The number of carbonyl (C=O) groups is 2. The van der Waals surface area contributed by atoms with Crippen LogP contribution >= 0.6 is 0 Å². The number of hydrogen-bond donors (Lipinski definition) is 1. The first-order chi connectivity index (χ1) is 17.0. The van der Waals surface area contributed by atoms with Crippen LogP contribution in [0.25, 0.3) is 0 Å². The Morgan fingerprint density at radius 2 is 1.75 bits per heavy atom. The molecule has 0 spiro atoms. The monoisotopic (exact) mass is 496 g/mol. The van der Waals surface area contributed by atoms with Crippen molar-refractivity contribution in [2.45, 2.75) is 105 Å². The predicted octanol–water partition coefficient (Wildman–Crippen LogP) is 7.75. The van der Waals surface area contributed by atoms with Crippen molar-refractivity contribution in [2.24, 2.45) is 46.3 Å². The van der Waals surface area contributed by atoms with Crippen molar-refractivity contribution < 1.29 is 19.4 Å². The fourth-order valence-corrected chi connectivity index (χ4v) is 8.13. The molecule has 3 saturated carbocycles. The van der Waals surface area contributed by atoms with E-state index in [-0.39, 0.29) is 30.3 Å². The minimum Gasteiger partial charge on any atom is -0.481 e. The summed E-state index contributed by atoms with van der Waals surface area (Å²) in [5, 5.41) is 8.84. The third-order valence-electron chi connectivity index (χ3n) is 10.8. The van der Waals surface area contributed by atoms with Gasteiger partial charge in [-0.2, -0.15) is 0 Å².